The van der Waals surface area contributed by atoms with Crippen LogP contribution in [0.5, 0.6) is 0 Å². The van der Waals surface area contributed by atoms with Gasteiger partial charge in [-0.05, 0) is 19.3 Å². The highest BCUT2D eigenvalue weighted by molar-refractivity contribution is 5.74. The molecule has 1 saturated heterocycles. The largest absolute Gasteiger partial charge is 0.381 e. The maximum Gasteiger partial charge on any atom is 0.315 e. The topological polar surface area (TPSA) is 50.4 Å². The molecule has 1 heterocycles. The lowest BCUT2D eigenvalue weighted by Crippen LogP contribution is -2.44. The quantitative estimate of drug-likeness (QED) is 0.769. The van der Waals surface area contributed by atoms with Crippen LogP contribution in [-0.4, -0.2) is 31.8 Å². The maximum atomic E-state index is 11.6. The summed E-state index contributed by atoms with van der Waals surface area (Å²) >= 11 is 0. The molecule has 1 unspecified atom stereocenters. The molecule has 0 radical (unpaired) electrons. The van der Waals surface area contributed by atoms with Crippen LogP contribution in [0.2, 0.25) is 0 Å². The molecule has 1 aliphatic carbocycles. The highest BCUT2D eigenvalue weighted by atomic mass is 16.5. The average molecular weight is 226 g/mol. The van der Waals surface area contributed by atoms with Crippen molar-refractivity contribution in [2.24, 2.45) is 5.92 Å². The number of carbonyl (C=O) groups excluding carboxylic acids is 1. The van der Waals surface area contributed by atoms with Gasteiger partial charge in [-0.2, -0.15) is 0 Å². The number of amides is 2. The van der Waals surface area contributed by atoms with E-state index in [2.05, 4.69) is 10.6 Å². The first kappa shape index (κ1) is 11.7. The molecule has 0 spiro atoms. The van der Waals surface area contributed by atoms with E-state index in [0.717, 1.165) is 39.0 Å². The molecular formula is C12H22N2O2. The van der Waals surface area contributed by atoms with Gasteiger partial charge in [-0.1, -0.05) is 19.3 Å². The first-order valence-corrected chi connectivity index (χ1v) is 6.46. The Morgan fingerprint density at radius 2 is 2.00 bits per heavy atom. The number of hydrogen-bond acceptors (Lipinski definition) is 2. The first-order valence-electron chi connectivity index (χ1n) is 6.46. The average Bonchev–Trinajstić information content (AvgIpc) is 2.81. The normalized spacial score (nSPS) is 26.6. The van der Waals surface area contributed by atoms with Crippen LogP contribution in [0.3, 0.4) is 0 Å². The van der Waals surface area contributed by atoms with Crippen LogP contribution in [0, 0.1) is 5.92 Å². The van der Waals surface area contributed by atoms with E-state index in [-0.39, 0.29) is 6.03 Å². The van der Waals surface area contributed by atoms with Crippen molar-refractivity contribution < 1.29 is 9.53 Å². The van der Waals surface area contributed by atoms with E-state index in [0.29, 0.717) is 12.0 Å². The monoisotopic (exact) mass is 226 g/mol. The second kappa shape index (κ2) is 6.09. The molecule has 1 atom stereocenters. The summed E-state index contributed by atoms with van der Waals surface area (Å²) in [7, 11) is 0. The number of rotatable bonds is 3. The highest BCUT2D eigenvalue weighted by Crippen LogP contribution is 2.17. The lowest BCUT2D eigenvalue weighted by atomic mass is 9.96. The van der Waals surface area contributed by atoms with Crippen molar-refractivity contribution in [2.45, 2.75) is 44.6 Å². The Morgan fingerprint density at radius 3 is 2.69 bits per heavy atom. The van der Waals surface area contributed by atoms with Crippen molar-refractivity contribution >= 4 is 6.03 Å². The van der Waals surface area contributed by atoms with E-state index in [1.165, 1.54) is 19.3 Å². The zero-order chi connectivity index (χ0) is 11.2. The lowest BCUT2D eigenvalue weighted by Gasteiger charge is -2.23. The van der Waals surface area contributed by atoms with Crippen LogP contribution in [0.15, 0.2) is 0 Å². The molecule has 1 saturated carbocycles. The molecule has 2 N–H and O–H groups in total. The second-order valence-electron chi connectivity index (χ2n) is 4.92. The van der Waals surface area contributed by atoms with E-state index in [1.807, 2.05) is 0 Å². The number of urea groups is 1. The van der Waals surface area contributed by atoms with Gasteiger partial charge >= 0.3 is 6.03 Å². The van der Waals surface area contributed by atoms with E-state index < -0.39 is 0 Å². The van der Waals surface area contributed by atoms with Crippen molar-refractivity contribution in [3.8, 4) is 0 Å². The minimum Gasteiger partial charge on any atom is -0.381 e. The number of hydrogen-bond donors (Lipinski definition) is 2. The van der Waals surface area contributed by atoms with Crippen LogP contribution in [0.25, 0.3) is 0 Å². The Labute approximate surface area is 97.1 Å². The number of ether oxygens (including phenoxy) is 1. The number of nitrogens with one attached hydrogen (secondary N) is 2. The van der Waals surface area contributed by atoms with Crippen molar-refractivity contribution in [1.29, 1.82) is 0 Å². The lowest BCUT2D eigenvalue weighted by molar-refractivity contribution is 0.184. The van der Waals surface area contributed by atoms with E-state index in [4.69, 9.17) is 4.74 Å². The van der Waals surface area contributed by atoms with Crippen LogP contribution in [0.1, 0.15) is 38.5 Å². The smallest absolute Gasteiger partial charge is 0.315 e. The summed E-state index contributed by atoms with van der Waals surface area (Å²) in [5, 5.41) is 5.99. The SMILES string of the molecule is O=C(NCC1CCOC1)NC1CCCCC1. The predicted molar refractivity (Wildman–Crippen MR) is 62.3 cm³/mol. The van der Waals surface area contributed by atoms with Crippen LogP contribution < -0.4 is 10.6 Å². The minimum atomic E-state index is -0.00111. The maximum absolute atomic E-state index is 11.6. The standard InChI is InChI=1S/C12H22N2O2/c15-12(13-8-10-6-7-16-9-10)14-11-4-2-1-3-5-11/h10-11H,1-9H2,(H2,13,14,15). The van der Waals surface area contributed by atoms with Gasteiger partial charge < -0.3 is 15.4 Å². The summed E-state index contributed by atoms with van der Waals surface area (Å²) in [5.74, 6) is 0.511. The summed E-state index contributed by atoms with van der Waals surface area (Å²) in [5.41, 5.74) is 0. The van der Waals surface area contributed by atoms with Gasteiger partial charge in [0.05, 0.1) is 6.61 Å². The van der Waals surface area contributed by atoms with Gasteiger partial charge in [0, 0.05) is 25.1 Å². The predicted octanol–water partition coefficient (Wildman–Crippen LogP) is 1.65. The van der Waals surface area contributed by atoms with E-state index in [1.54, 1.807) is 0 Å². The fourth-order valence-electron chi connectivity index (χ4n) is 2.46. The minimum absolute atomic E-state index is 0.00111. The Morgan fingerprint density at radius 1 is 1.19 bits per heavy atom. The van der Waals surface area contributed by atoms with Crippen molar-refractivity contribution in [1.82, 2.24) is 10.6 Å². The summed E-state index contributed by atoms with van der Waals surface area (Å²) in [6, 6.07) is 0.396. The summed E-state index contributed by atoms with van der Waals surface area (Å²) in [6.07, 6.45) is 7.17. The molecule has 0 aromatic rings. The summed E-state index contributed by atoms with van der Waals surface area (Å²) in [4.78, 5) is 11.6. The van der Waals surface area contributed by atoms with Gasteiger partial charge in [0.2, 0.25) is 0 Å². The molecule has 2 rings (SSSR count). The number of carbonyl (C=O) groups is 1. The molecule has 2 aliphatic rings. The molecule has 16 heavy (non-hydrogen) atoms. The summed E-state index contributed by atoms with van der Waals surface area (Å²) < 4.78 is 5.27. The van der Waals surface area contributed by atoms with Crippen LogP contribution in [0.4, 0.5) is 4.79 Å². The molecule has 0 bridgehead atoms. The first-order chi connectivity index (χ1) is 7.84. The molecular weight excluding hydrogens is 204 g/mol. The zero-order valence-corrected chi connectivity index (χ0v) is 9.84. The fourth-order valence-corrected chi connectivity index (χ4v) is 2.46. The second-order valence-corrected chi connectivity index (χ2v) is 4.92. The van der Waals surface area contributed by atoms with E-state index in [9.17, 15) is 4.79 Å². The Hall–Kier alpha value is -0.770. The molecule has 4 nitrogen and oxygen atoms in total. The molecule has 92 valence electrons. The molecule has 0 aromatic heterocycles. The Kier molecular flexibility index (Phi) is 4.45. The highest BCUT2D eigenvalue weighted by Gasteiger charge is 2.18. The van der Waals surface area contributed by atoms with Gasteiger partial charge in [-0.15, -0.1) is 0 Å². The molecule has 2 amide bonds. The molecule has 0 aromatic carbocycles. The fraction of sp³-hybridized carbons (Fsp3) is 0.917. The van der Waals surface area contributed by atoms with Crippen molar-refractivity contribution in [2.75, 3.05) is 19.8 Å². The van der Waals surface area contributed by atoms with Crippen LogP contribution >= 0.6 is 0 Å². The van der Waals surface area contributed by atoms with Gasteiger partial charge in [-0.3, -0.25) is 0 Å². The van der Waals surface area contributed by atoms with Gasteiger partial charge in [0.15, 0.2) is 0 Å². The van der Waals surface area contributed by atoms with Gasteiger partial charge in [0.1, 0.15) is 0 Å². The van der Waals surface area contributed by atoms with Gasteiger partial charge in [0.25, 0.3) is 0 Å². The third-order valence-corrected chi connectivity index (χ3v) is 3.52. The molecule has 4 heteroatoms. The Balaban J connectivity index is 1.59. The van der Waals surface area contributed by atoms with Gasteiger partial charge in [-0.25, -0.2) is 4.79 Å². The van der Waals surface area contributed by atoms with Crippen molar-refractivity contribution in [3.05, 3.63) is 0 Å². The third kappa shape index (κ3) is 3.67. The molecule has 1 aliphatic heterocycles. The van der Waals surface area contributed by atoms with Crippen molar-refractivity contribution in [3.63, 3.8) is 0 Å². The van der Waals surface area contributed by atoms with E-state index >= 15 is 0 Å². The Bertz CT molecular complexity index is 221. The molecule has 2 fully saturated rings. The third-order valence-electron chi connectivity index (χ3n) is 3.52. The zero-order valence-electron chi connectivity index (χ0n) is 9.84. The van der Waals surface area contributed by atoms with Crippen LogP contribution in [-0.2, 0) is 4.74 Å². The summed E-state index contributed by atoms with van der Waals surface area (Å²) in [6.45, 7) is 2.39.